The molecule has 0 unspecified atom stereocenters. The van der Waals surface area contributed by atoms with Crippen LogP contribution in [0.3, 0.4) is 0 Å². The first-order valence-corrected chi connectivity index (χ1v) is 13.0. The van der Waals surface area contributed by atoms with Crippen molar-refractivity contribution in [2.24, 2.45) is 4.99 Å². The number of hydrogen-bond donors (Lipinski definition) is 0. The minimum absolute atomic E-state index is 0.00264. The molecule has 1 aromatic carbocycles. The largest absolute Gasteiger partial charge is 0.462 e. The van der Waals surface area contributed by atoms with Gasteiger partial charge in [-0.15, -0.1) is 0 Å². The highest BCUT2D eigenvalue weighted by Crippen LogP contribution is 2.13. The SMILES string of the molecule is CCOC(=O)c1cc2c(=O)n3ccccc3nc2n(CCCOC(C)C)c1=NC(=O)/C=C/c1ccc(Cl)cc1. The zero-order valence-corrected chi connectivity index (χ0v) is 22.7. The Hall–Kier alpha value is -4.08. The lowest BCUT2D eigenvalue weighted by molar-refractivity contribution is -0.113. The molecule has 0 saturated heterocycles. The van der Waals surface area contributed by atoms with E-state index in [9.17, 15) is 14.4 Å². The van der Waals surface area contributed by atoms with E-state index in [-0.39, 0.29) is 34.7 Å². The van der Waals surface area contributed by atoms with E-state index in [1.165, 1.54) is 16.5 Å². The third-order valence-corrected chi connectivity index (χ3v) is 6.02. The average Bonchev–Trinajstić information content (AvgIpc) is 2.91. The van der Waals surface area contributed by atoms with Gasteiger partial charge in [0.25, 0.3) is 11.5 Å². The number of hydrogen-bond acceptors (Lipinski definition) is 6. The molecular weight excluding hydrogens is 520 g/mol. The monoisotopic (exact) mass is 548 g/mol. The van der Waals surface area contributed by atoms with Gasteiger partial charge in [0, 0.05) is 30.4 Å². The summed E-state index contributed by atoms with van der Waals surface area (Å²) in [5.74, 6) is -1.29. The maximum absolute atomic E-state index is 13.4. The fourth-order valence-corrected chi connectivity index (χ4v) is 4.12. The van der Waals surface area contributed by atoms with Crippen molar-refractivity contribution in [3.05, 3.63) is 92.8 Å². The van der Waals surface area contributed by atoms with Gasteiger partial charge in [-0.1, -0.05) is 29.8 Å². The van der Waals surface area contributed by atoms with Crippen LogP contribution in [0.4, 0.5) is 0 Å². The predicted octanol–water partition coefficient (Wildman–Crippen LogP) is 4.44. The van der Waals surface area contributed by atoms with Crippen molar-refractivity contribution in [1.29, 1.82) is 0 Å². The molecule has 0 spiro atoms. The van der Waals surface area contributed by atoms with E-state index in [0.717, 1.165) is 5.56 Å². The van der Waals surface area contributed by atoms with E-state index in [1.54, 1.807) is 66.2 Å². The van der Waals surface area contributed by atoms with Gasteiger partial charge in [-0.2, -0.15) is 4.99 Å². The molecule has 0 aliphatic heterocycles. The number of rotatable bonds is 9. The standard InChI is InChI=1S/C29H29ClN4O5/c1-4-38-29(37)23-18-22-26(31-24-8-5-6-15-33(24)28(22)36)34(16-7-17-39-19(2)3)27(23)32-25(35)14-11-20-9-12-21(30)13-10-20/h5-6,8-15,18-19H,4,7,16-17H2,1-3H3/b14-11+,32-27?. The van der Waals surface area contributed by atoms with Gasteiger partial charge in [0.15, 0.2) is 5.49 Å². The normalized spacial score (nSPS) is 12.2. The molecule has 4 rings (SSSR count). The molecule has 10 heteroatoms. The number of aromatic nitrogens is 3. The van der Waals surface area contributed by atoms with Crippen LogP contribution in [0.15, 0.2) is 70.6 Å². The Balaban J connectivity index is 1.94. The van der Waals surface area contributed by atoms with Crippen molar-refractivity contribution < 1.29 is 19.1 Å². The fraction of sp³-hybridized carbons (Fsp3) is 0.276. The quantitative estimate of drug-likeness (QED) is 0.133. The van der Waals surface area contributed by atoms with Gasteiger partial charge in [-0.25, -0.2) is 9.78 Å². The highest BCUT2D eigenvalue weighted by molar-refractivity contribution is 6.30. The summed E-state index contributed by atoms with van der Waals surface area (Å²) >= 11 is 5.94. The van der Waals surface area contributed by atoms with Gasteiger partial charge in [0.2, 0.25) is 0 Å². The highest BCUT2D eigenvalue weighted by atomic mass is 35.5. The van der Waals surface area contributed by atoms with Crippen LogP contribution in [0.2, 0.25) is 5.02 Å². The van der Waals surface area contributed by atoms with E-state index >= 15 is 0 Å². The van der Waals surface area contributed by atoms with Crippen molar-refractivity contribution in [2.45, 2.75) is 39.8 Å². The maximum atomic E-state index is 13.4. The molecule has 3 aromatic heterocycles. The molecule has 0 saturated carbocycles. The van der Waals surface area contributed by atoms with Crippen LogP contribution in [-0.4, -0.2) is 45.1 Å². The molecule has 0 aliphatic carbocycles. The number of fused-ring (bicyclic) bond motifs is 2. The van der Waals surface area contributed by atoms with Crippen molar-refractivity contribution in [3.63, 3.8) is 0 Å². The number of esters is 1. The van der Waals surface area contributed by atoms with Crippen molar-refractivity contribution in [3.8, 4) is 0 Å². The summed E-state index contributed by atoms with van der Waals surface area (Å²) in [4.78, 5) is 48.5. The number of carbonyl (C=O) groups excluding carboxylic acids is 2. The van der Waals surface area contributed by atoms with Crippen LogP contribution in [0.25, 0.3) is 22.8 Å². The number of benzene rings is 1. The Morgan fingerprint density at radius 3 is 2.64 bits per heavy atom. The van der Waals surface area contributed by atoms with Crippen LogP contribution in [0, 0.1) is 0 Å². The third-order valence-electron chi connectivity index (χ3n) is 5.77. The van der Waals surface area contributed by atoms with Crippen molar-refractivity contribution >= 4 is 46.2 Å². The molecule has 0 bridgehead atoms. The van der Waals surface area contributed by atoms with Crippen LogP contribution < -0.4 is 11.0 Å². The Morgan fingerprint density at radius 1 is 1.15 bits per heavy atom. The Morgan fingerprint density at radius 2 is 1.92 bits per heavy atom. The number of pyridine rings is 2. The Kier molecular flexibility index (Phi) is 9.06. The molecule has 1 amide bonds. The Labute approximate surface area is 230 Å². The first-order valence-electron chi connectivity index (χ1n) is 12.6. The first kappa shape index (κ1) is 27.9. The fourth-order valence-electron chi connectivity index (χ4n) is 3.99. The smallest absolute Gasteiger partial charge is 0.341 e. The molecule has 0 radical (unpaired) electrons. The van der Waals surface area contributed by atoms with Crippen LogP contribution >= 0.6 is 11.6 Å². The van der Waals surface area contributed by atoms with Gasteiger partial charge in [0.1, 0.15) is 16.9 Å². The zero-order chi connectivity index (χ0) is 27.9. The summed E-state index contributed by atoms with van der Waals surface area (Å²) in [6, 6.07) is 13.6. The number of amides is 1. The van der Waals surface area contributed by atoms with Crippen LogP contribution in [0.5, 0.6) is 0 Å². The number of carbonyl (C=O) groups is 2. The molecular formula is C29H29ClN4O5. The summed E-state index contributed by atoms with van der Waals surface area (Å²) in [5, 5.41) is 0.784. The van der Waals surface area contributed by atoms with Gasteiger partial charge < -0.3 is 14.0 Å². The topological polar surface area (TPSA) is 104 Å². The summed E-state index contributed by atoms with van der Waals surface area (Å²) < 4.78 is 14.0. The molecule has 0 N–H and O–H groups in total. The first-order chi connectivity index (χ1) is 18.8. The predicted molar refractivity (Wildman–Crippen MR) is 150 cm³/mol. The van der Waals surface area contributed by atoms with Gasteiger partial charge in [-0.3, -0.25) is 14.0 Å². The Bertz CT molecular complexity index is 1670. The molecule has 0 fully saturated rings. The summed E-state index contributed by atoms with van der Waals surface area (Å²) in [6.45, 7) is 6.37. The van der Waals surface area contributed by atoms with E-state index in [0.29, 0.717) is 35.9 Å². The lowest BCUT2D eigenvalue weighted by Crippen LogP contribution is -2.33. The van der Waals surface area contributed by atoms with E-state index in [4.69, 9.17) is 26.1 Å². The maximum Gasteiger partial charge on any atom is 0.341 e. The summed E-state index contributed by atoms with van der Waals surface area (Å²) in [7, 11) is 0. The van der Waals surface area contributed by atoms with Crippen LogP contribution in [0.1, 0.15) is 43.1 Å². The van der Waals surface area contributed by atoms with Gasteiger partial charge in [-0.05, 0) is 69.2 Å². The average molecular weight is 549 g/mol. The van der Waals surface area contributed by atoms with E-state index in [1.807, 2.05) is 13.8 Å². The second-order valence-corrected chi connectivity index (χ2v) is 9.38. The number of ether oxygens (including phenoxy) is 2. The molecule has 4 aromatic rings. The minimum atomic E-state index is -0.697. The summed E-state index contributed by atoms with van der Waals surface area (Å²) in [5.41, 5.74) is 1.18. The lowest BCUT2D eigenvalue weighted by Gasteiger charge is -2.15. The molecule has 9 nitrogen and oxygen atoms in total. The summed E-state index contributed by atoms with van der Waals surface area (Å²) in [6.07, 6.45) is 5.08. The van der Waals surface area contributed by atoms with Gasteiger partial charge in [0.05, 0.1) is 18.1 Å². The minimum Gasteiger partial charge on any atom is -0.462 e. The second kappa shape index (κ2) is 12.6. The molecule has 202 valence electrons. The lowest BCUT2D eigenvalue weighted by atomic mass is 10.2. The molecule has 3 heterocycles. The second-order valence-electron chi connectivity index (χ2n) is 8.94. The number of aryl methyl sites for hydroxylation is 1. The van der Waals surface area contributed by atoms with E-state index < -0.39 is 11.9 Å². The molecule has 0 aliphatic rings. The van der Waals surface area contributed by atoms with Gasteiger partial charge >= 0.3 is 5.97 Å². The molecule has 39 heavy (non-hydrogen) atoms. The third kappa shape index (κ3) is 6.68. The number of halogens is 1. The van der Waals surface area contributed by atoms with Crippen LogP contribution in [-0.2, 0) is 20.8 Å². The van der Waals surface area contributed by atoms with Crippen molar-refractivity contribution in [1.82, 2.24) is 14.0 Å². The zero-order valence-electron chi connectivity index (χ0n) is 22.0. The molecule has 0 atom stereocenters. The van der Waals surface area contributed by atoms with E-state index in [2.05, 4.69) is 4.99 Å². The van der Waals surface area contributed by atoms with Crippen molar-refractivity contribution in [2.75, 3.05) is 13.2 Å². The number of nitrogens with zero attached hydrogens (tertiary/aromatic N) is 4. The highest BCUT2D eigenvalue weighted by Gasteiger charge is 2.19.